The van der Waals surface area contributed by atoms with Gasteiger partial charge >= 0.3 is 0 Å². The zero-order valence-electron chi connectivity index (χ0n) is 19.7. The number of fused-ring (bicyclic) bond motifs is 3. The van der Waals surface area contributed by atoms with Gasteiger partial charge in [0.05, 0.1) is 25.0 Å². The second kappa shape index (κ2) is 9.82. The van der Waals surface area contributed by atoms with Gasteiger partial charge in [-0.1, -0.05) is 67.4 Å². The monoisotopic (exact) mass is 439 g/mol. The normalized spacial score (nSPS) is 19.3. The molecule has 0 amide bonds. The third kappa shape index (κ3) is 4.55. The van der Waals surface area contributed by atoms with E-state index in [2.05, 4.69) is 66.7 Å². The zero-order valence-corrected chi connectivity index (χ0v) is 19.7. The van der Waals surface area contributed by atoms with E-state index in [9.17, 15) is 0 Å². The maximum Gasteiger partial charge on any atom is 0.161 e. The number of hydrogen-bond acceptors (Lipinski definition) is 3. The van der Waals surface area contributed by atoms with Crippen LogP contribution in [0, 0.1) is 0 Å². The molecule has 0 N–H and O–H groups in total. The fourth-order valence-electron chi connectivity index (χ4n) is 5.33. The van der Waals surface area contributed by atoms with Crippen molar-refractivity contribution in [1.82, 2.24) is 0 Å². The van der Waals surface area contributed by atoms with Gasteiger partial charge in [-0.05, 0) is 61.9 Å². The SMILES string of the molecule is CCOc1cc2c(cc1OCC)[C@H]1CCCC[C@H]1N=C2c1ccc(Cc2ccccc2)cc1. The van der Waals surface area contributed by atoms with Crippen LogP contribution in [0.1, 0.15) is 73.3 Å². The summed E-state index contributed by atoms with van der Waals surface area (Å²) in [5.74, 6) is 2.16. The van der Waals surface area contributed by atoms with Gasteiger partial charge in [0.1, 0.15) is 0 Å². The third-order valence-electron chi connectivity index (χ3n) is 6.87. The Morgan fingerprint density at radius 3 is 2.18 bits per heavy atom. The summed E-state index contributed by atoms with van der Waals surface area (Å²) in [4.78, 5) is 5.33. The standard InChI is InChI=1S/C30H33NO2/c1-3-32-28-19-25-24-12-8-9-13-27(24)31-30(26(25)20-29(28)33-4-2)23-16-14-22(15-17-23)18-21-10-6-5-7-11-21/h5-7,10-11,14-17,19-20,24,27H,3-4,8-9,12-13,18H2,1-2H3/t24-,27-/m1/s1. The maximum absolute atomic E-state index is 5.98. The summed E-state index contributed by atoms with van der Waals surface area (Å²) >= 11 is 0. The molecule has 1 aliphatic heterocycles. The second-order valence-corrected chi connectivity index (χ2v) is 9.05. The molecular formula is C30H33NO2. The van der Waals surface area contributed by atoms with E-state index in [1.807, 2.05) is 13.8 Å². The summed E-state index contributed by atoms with van der Waals surface area (Å²) in [6.07, 6.45) is 5.84. The molecule has 1 heterocycles. The van der Waals surface area contributed by atoms with Gasteiger partial charge in [-0.15, -0.1) is 0 Å². The van der Waals surface area contributed by atoms with Crippen LogP contribution < -0.4 is 9.47 Å². The highest BCUT2D eigenvalue weighted by Crippen LogP contribution is 2.45. The van der Waals surface area contributed by atoms with Gasteiger partial charge in [0.2, 0.25) is 0 Å². The summed E-state index contributed by atoms with van der Waals surface area (Å²) in [6.45, 7) is 5.30. The van der Waals surface area contributed by atoms with Gasteiger partial charge < -0.3 is 9.47 Å². The number of benzene rings is 3. The Kier molecular flexibility index (Phi) is 6.48. The lowest BCUT2D eigenvalue weighted by Gasteiger charge is -2.36. The molecule has 3 aromatic rings. The van der Waals surface area contributed by atoms with Gasteiger partial charge in [0.15, 0.2) is 11.5 Å². The minimum atomic E-state index is 0.359. The van der Waals surface area contributed by atoms with E-state index < -0.39 is 0 Å². The van der Waals surface area contributed by atoms with Crippen LogP contribution >= 0.6 is 0 Å². The fraction of sp³-hybridized carbons (Fsp3) is 0.367. The average molecular weight is 440 g/mol. The predicted molar refractivity (Wildman–Crippen MR) is 135 cm³/mol. The van der Waals surface area contributed by atoms with Crippen LogP contribution in [0.5, 0.6) is 11.5 Å². The second-order valence-electron chi connectivity index (χ2n) is 9.05. The Balaban J connectivity index is 1.53. The number of aliphatic imine (C=N–C) groups is 1. The molecule has 0 aromatic heterocycles. The Morgan fingerprint density at radius 1 is 0.788 bits per heavy atom. The van der Waals surface area contributed by atoms with Crippen LogP contribution in [-0.4, -0.2) is 25.0 Å². The van der Waals surface area contributed by atoms with E-state index in [1.54, 1.807) is 0 Å². The topological polar surface area (TPSA) is 30.8 Å². The summed E-state index contributed by atoms with van der Waals surface area (Å²) in [5.41, 5.74) is 7.53. The lowest BCUT2D eigenvalue weighted by Crippen LogP contribution is -2.29. The zero-order chi connectivity index (χ0) is 22.6. The highest BCUT2D eigenvalue weighted by atomic mass is 16.5. The molecule has 1 saturated carbocycles. The van der Waals surface area contributed by atoms with E-state index in [0.717, 1.165) is 30.1 Å². The van der Waals surface area contributed by atoms with Crippen molar-refractivity contribution in [2.75, 3.05) is 13.2 Å². The first-order valence-corrected chi connectivity index (χ1v) is 12.4. The van der Waals surface area contributed by atoms with Crippen LogP contribution in [0.15, 0.2) is 71.7 Å². The average Bonchev–Trinajstić information content (AvgIpc) is 2.85. The maximum atomic E-state index is 5.98. The van der Waals surface area contributed by atoms with Crippen LogP contribution in [0.25, 0.3) is 0 Å². The Morgan fingerprint density at radius 2 is 1.45 bits per heavy atom. The van der Waals surface area contributed by atoms with E-state index in [-0.39, 0.29) is 0 Å². The van der Waals surface area contributed by atoms with Crippen LogP contribution in [0.4, 0.5) is 0 Å². The van der Waals surface area contributed by atoms with E-state index in [1.165, 1.54) is 47.1 Å². The molecule has 3 aromatic carbocycles. The van der Waals surface area contributed by atoms with Crippen molar-refractivity contribution < 1.29 is 9.47 Å². The molecule has 33 heavy (non-hydrogen) atoms. The fourth-order valence-corrected chi connectivity index (χ4v) is 5.33. The molecule has 3 nitrogen and oxygen atoms in total. The van der Waals surface area contributed by atoms with Gasteiger partial charge in [0, 0.05) is 17.0 Å². The lowest BCUT2D eigenvalue weighted by molar-refractivity contribution is 0.286. The number of rotatable bonds is 7. The molecule has 5 rings (SSSR count). The van der Waals surface area contributed by atoms with E-state index in [0.29, 0.717) is 25.2 Å². The van der Waals surface area contributed by atoms with Gasteiger partial charge in [-0.2, -0.15) is 0 Å². The van der Waals surface area contributed by atoms with Crippen LogP contribution in [0.2, 0.25) is 0 Å². The van der Waals surface area contributed by atoms with E-state index in [4.69, 9.17) is 14.5 Å². The largest absolute Gasteiger partial charge is 0.490 e. The van der Waals surface area contributed by atoms with Crippen molar-refractivity contribution >= 4 is 5.71 Å². The molecule has 0 radical (unpaired) electrons. The van der Waals surface area contributed by atoms with Gasteiger partial charge in [0.25, 0.3) is 0 Å². The smallest absolute Gasteiger partial charge is 0.161 e. The highest BCUT2D eigenvalue weighted by Gasteiger charge is 2.34. The molecule has 0 unspecified atom stereocenters. The van der Waals surface area contributed by atoms with Crippen molar-refractivity contribution in [1.29, 1.82) is 0 Å². The summed E-state index contributed by atoms with van der Waals surface area (Å²) in [6, 6.07) is 24.4. The molecule has 3 heteroatoms. The number of hydrogen-bond donors (Lipinski definition) is 0. The predicted octanol–water partition coefficient (Wildman–Crippen LogP) is 6.95. The Labute approximate surface area is 197 Å². The van der Waals surface area contributed by atoms with Crippen molar-refractivity contribution in [2.24, 2.45) is 4.99 Å². The summed E-state index contributed by atoms with van der Waals surface area (Å²) in [5, 5.41) is 0. The Hall–Kier alpha value is -3.07. The Bertz CT molecular complexity index is 1120. The summed E-state index contributed by atoms with van der Waals surface area (Å²) in [7, 11) is 0. The molecular weight excluding hydrogens is 406 g/mol. The minimum Gasteiger partial charge on any atom is -0.490 e. The molecule has 2 aliphatic rings. The van der Waals surface area contributed by atoms with Gasteiger partial charge in [-0.3, -0.25) is 4.99 Å². The van der Waals surface area contributed by atoms with Crippen LogP contribution in [0.3, 0.4) is 0 Å². The summed E-state index contributed by atoms with van der Waals surface area (Å²) < 4.78 is 12.0. The molecule has 170 valence electrons. The minimum absolute atomic E-state index is 0.359. The quantitative estimate of drug-likeness (QED) is 0.399. The first-order valence-electron chi connectivity index (χ1n) is 12.4. The third-order valence-corrected chi connectivity index (χ3v) is 6.87. The molecule has 1 aliphatic carbocycles. The van der Waals surface area contributed by atoms with Crippen molar-refractivity contribution in [3.05, 3.63) is 94.5 Å². The van der Waals surface area contributed by atoms with E-state index >= 15 is 0 Å². The molecule has 0 spiro atoms. The molecule has 0 saturated heterocycles. The van der Waals surface area contributed by atoms with Crippen LogP contribution in [-0.2, 0) is 6.42 Å². The highest BCUT2D eigenvalue weighted by molar-refractivity contribution is 6.15. The van der Waals surface area contributed by atoms with Crippen molar-refractivity contribution in [3.8, 4) is 11.5 Å². The first kappa shape index (κ1) is 21.8. The molecule has 0 bridgehead atoms. The van der Waals surface area contributed by atoms with Crippen molar-refractivity contribution in [3.63, 3.8) is 0 Å². The number of nitrogens with zero attached hydrogens (tertiary/aromatic N) is 1. The lowest BCUT2D eigenvalue weighted by atomic mass is 9.75. The first-order chi connectivity index (χ1) is 16.3. The molecule has 2 atom stereocenters. The number of ether oxygens (including phenoxy) is 2. The van der Waals surface area contributed by atoms with Gasteiger partial charge in [-0.25, -0.2) is 0 Å². The molecule has 1 fully saturated rings. The van der Waals surface area contributed by atoms with Crippen molar-refractivity contribution in [2.45, 2.75) is 57.9 Å².